The van der Waals surface area contributed by atoms with E-state index in [1.54, 1.807) is 0 Å². The van der Waals surface area contributed by atoms with E-state index in [-0.39, 0.29) is 10.9 Å². The highest BCUT2D eigenvalue weighted by molar-refractivity contribution is 7.89. The Bertz CT molecular complexity index is 525. The molecule has 17 heavy (non-hydrogen) atoms. The Labute approximate surface area is 100 Å². The summed E-state index contributed by atoms with van der Waals surface area (Å²) in [5.41, 5.74) is -0.479. The summed E-state index contributed by atoms with van der Waals surface area (Å²) in [4.78, 5) is 10.4. The third-order valence-electron chi connectivity index (χ3n) is 2.98. The maximum atomic E-state index is 12.0. The van der Waals surface area contributed by atoms with Crippen LogP contribution in [0.15, 0.2) is 21.6 Å². The summed E-state index contributed by atoms with van der Waals surface area (Å²) in [6.45, 7) is 3.71. The fourth-order valence-electron chi connectivity index (χ4n) is 1.83. The smallest absolute Gasteiger partial charge is 0.274 e. The Morgan fingerprint density at radius 1 is 1.41 bits per heavy atom. The Balaban J connectivity index is 2.21. The average molecular weight is 257 g/mol. The Morgan fingerprint density at radius 3 is 2.53 bits per heavy atom. The molecule has 0 spiro atoms. The molecule has 0 radical (unpaired) electrons. The predicted octanol–water partition coefficient (Wildman–Crippen LogP) is 1.56. The largest absolute Gasteiger partial charge is 0.440 e. The number of carbonyl (C=O) groups excluding carboxylic acids is 1. The van der Waals surface area contributed by atoms with Gasteiger partial charge in [-0.15, -0.1) is 0 Å². The summed E-state index contributed by atoms with van der Waals surface area (Å²) in [5, 5.41) is -0.215. The van der Waals surface area contributed by atoms with Crippen molar-refractivity contribution < 1.29 is 17.6 Å². The van der Waals surface area contributed by atoms with Crippen LogP contribution in [-0.4, -0.2) is 20.2 Å². The van der Waals surface area contributed by atoms with Crippen LogP contribution in [0.1, 0.15) is 37.2 Å². The highest BCUT2D eigenvalue weighted by Gasteiger charge is 2.41. The van der Waals surface area contributed by atoms with E-state index in [4.69, 9.17) is 4.42 Å². The molecule has 0 aromatic carbocycles. The van der Waals surface area contributed by atoms with Crippen LogP contribution in [0.25, 0.3) is 0 Å². The number of aldehydes is 1. The summed E-state index contributed by atoms with van der Waals surface area (Å²) in [6, 6.07) is 2.63. The lowest BCUT2D eigenvalue weighted by Gasteiger charge is -2.24. The molecule has 6 heteroatoms. The minimum absolute atomic E-state index is 0.00889. The van der Waals surface area contributed by atoms with E-state index >= 15 is 0 Å². The molecule has 1 aliphatic carbocycles. The summed E-state index contributed by atoms with van der Waals surface area (Å²) in [6.07, 6.45) is 2.55. The summed E-state index contributed by atoms with van der Waals surface area (Å²) >= 11 is 0. The molecule has 5 nitrogen and oxygen atoms in total. The zero-order chi connectivity index (χ0) is 12.7. The molecule has 1 aromatic rings. The second kappa shape index (κ2) is 3.96. The van der Waals surface area contributed by atoms with Gasteiger partial charge in [-0.05, 0) is 44.7 Å². The van der Waals surface area contributed by atoms with Crippen LogP contribution in [0.2, 0.25) is 0 Å². The zero-order valence-electron chi connectivity index (χ0n) is 9.76. The van der Waals surface area contributed by atoms with Crippen LogP contribution in [-0.2, 0) is 10.0 Å². The molecular formula is C11H15NO4S. The fourth-order valence-corrected chi connectivity index (χ4v) is 3.24. The van der Waals surface area contributed by atoms with Crippen molar-refractivity contribution in [3.63, 3.8) is 0 Å². The monoisotopic (exact) mass is 257 g/mol. The van der Waals surface area contributed by atoms with Crippen molar-refractivity contribution in [2.24, 2.45) is 5.92 Å². The molecule has 2 rings (SSSR count). The van der Waals surface area contributed by atoms with E-state index in [1.165, 1.54) is 12.1 Å². The van der Waals surface area contributed by atoms with Gasteiger partial charge in [0.05, 0.1) is 0 Å². The molecule has 0 aliphatic heterocycles. The van der Waals surface area contributed by atoms with E-state index in [1.807, 2.05) is 13.8 Å². The van der Waals surface area contributed by atoms with Crippen molar-refractivity contribution in [3.05, 3.63) is 17.9 Å². The van der Waals surface area contributed by atoms with Gasteiger partial charge in [0, 0.05) is 5.54 Å². The third-order valence-corrected chi connectivity index (χ3v) is 4.52. The minimum atomic E-state index is -3.69. The van der Waals surface area contributed by atoms with Gasteiger partial charge in [0.2, 0.25) is 5.09 Å². The zero-order valence-corrected chi connectivity index (χ0v) is 10.6. The molecule has 0 bridgehead atoms. The van der Waals surface area contributed by atoms with Crippen LogP contribution >= 0.6 is 0 Å². The molecule has 0 saturated heterocycles. The first-order valence-electron chi connectivity index (χ1n) is 5.44. The first-order valence-corrected chi connectivity index (χ1v) is 6.92. The van der Waals surface area contributed by atoms with Gasteiger partial charge in [-0.3, -0.25) is 4.79 Å². The second-order valence-corrected chi connectivity index (χ2v) is 6.49. The van der Waals surface area contributed by atoms with Crippen LogP contribution in [0.3, 0.4) is 0 Å². The Kier molecular flexibility index (Phi) is 2.87. The predicted molar refractivity (Wildman–Crippen MR) is 61.2 cm³/mol. The topological polar surface area (TPSA) is 76.4 Å². The maximum absolute atomic E-state index is 12.0. The van der Waals surface area contributed by atoms with Gasteiger partial charge in [0.25, 0.3) is 10.0 Å². The van der Waals surface area contributed by atoms with E-state index in [2.05, 4.69) is 4.72 Å². The van der Waals surface area contributed by atoms with Gasteiger partial charge >= 0.3 is 0 Å². The van der Waals surface area contributed by atoms with Gasteiger partial charge < -0.3 is 4.42 Å². The van der Waals surface area contributed by atoms with Gasteiger partial charge in [-0.2, -0.15) is 0 Å². The number of rotatable bonds is 5. The number of nitrogens with one attached hydrogen (secondary N) is 1. The lowest BCUT2D eigenvalue weighted by atomic mass is 10.0. The van der Waals surface area contributed by atoms with E-state index < -0.39 is 15.6 Å². The quantitative estimate of drug-likeness (QED) is 0.812. The molecule has 1 N–H and O–H groups in total. The highest BCUT2D eigenvalue weighted by Crippen LogP contribution is 2.39. The summed E-state index contributed by atoms with van der Waals surface area (Å²) < 4.78 is 31.5. The van der Waals surface area contributed by atoms with E-state index in [9.17, 15) is 13.2 Å². The van der Waals surface area contributed by atoms with Crippen LogP contribution < -0.4 is 4.72 Å². The number of hydrogen-bond donors (Lipinski definition) is 1. The molecule has 0 amide bonds. The molecular weight excluding hydrogens is 242 g/mol. The summed E-state index contributed by atoms with van der Waals surface area (Å²) in [7, 11) is -3.69. The lowest BCUT2D eigenvalue weighted by molar-refractivity contribution is 0.109. The third kappa shape index (κ3) is 2.58. The molecule has 1 aromatic heterocycles. The number of sulfonamides is 1. The first-order chi connectivity index (χ1) is 7.85. The first kappa shape index (κ1) is 12.3. The van der Waals surface area contributed by atoms with Crippen molar-refractivity contribution in [2.45, 2.75) is 37.3 Å². The van der Waals surface area contributed by atoms with Crippen molar-refractivity contribution in [1.29, 1.82) is 0 Å². The Hall–Kier alpha value is -1.14. The standard InChI is InChI=1S/C11H15NO4S/c1-11(2,8-3-4-8)12-17(14,15)10-6-5-9(7-13)16-10/h5-8,12H,3-4H2,1-2H3. The van der Waals surface area contributed by atoms with E-state index in [0.717, 1.165) is 12.8 Å². The van der Waals surface area contributed by atoms with Gasteiger partial charge in [0.1, 0.15) is 0 Å². The molecule has 94 valence electrons. The van der Waals surface area contributed by atoms with Crippen LogP contribution in [0.4, 0.5) is 0 Å². The summed E-state index contributed by atoms with van der Waals surface area (Å²) in [5.74, 6) is 0.382. The fraction of sp³-hybridized carbons (Fsp3) is 0.545. The van der Waals surface area contributed by atoms with Crippen LogP contribution in [0.5, 0.6) is 0 Å². The Morgan fingerprint density at radius 2 is 2.06 bits per heavy atom. The lowest BCUT2D eigenvalue weighted by Crippen LogP contribution is -2.44. The average Bonchev–Trinajstić information content (AvgIpc) is 2.95. The number of hydrogen-bond acceptors (Lipinski definition) is 4. The SMILES string of the molecule is CC(C)(NS(=O)(=O)c1ccc(C=O)o1)C1CC1. The maximum Gasteiger partial charge on any atom is 0.274 e. The van der Waals surface area contributed by atoms with Gasteiger partial charge in [-0.1, -0.05) is 0 Å². The van der Waals surface area contributed by atoms with Gasteiger partial charge in [0.15, 0.2) is 12.0 Å². The van der Waals surface area contributed by atoms with Crippen LogP contribution in [0, 0.1) is 5.92 Å². The highest BCUT2D eigenvalue weighted by atomic mass is 32.2. The molecule has 1 heterocycles. The number of furan rings is 1. The minimum Gasteiger partial charge on any atom is -0.440 e. The second-order valence-electron chi connectivity index (χ2n) is 4.88. The van der Waals surface area contributed by atoms with E-state index in [0.29, 0.717) is 12.2 Å². The number of carbonyl (C=O) groups is 1. The molecule has 1 fully saturated rings. The molecule has 1 saturated carbocycles. The molecule has 1 aliphatic rings. The van der Waals surface area contributed by atoms with Crippen molar-refractivity contribution >= 4 is 16.3 Å². The normalized spacial score (nSPS) is 17.1. The van der Waals surface area contributed by atoms with Gasteiger partial charge in [-0.25, -0.2) is 13.1 Å². The van der Waals surface area contributed by atoms with Crippen molar-refractivity contribution in [1.82, 2.24) is 4.72 Å². The molecule has 0 unspecified atom stereocenters. The van der Waals surface area contributed by atoms with Crippen molar-refractivity contribution in [3.8, 4) is 0 Å². The molecule has 0 atom stereocenters. The van der Waals surface area contributed by atoms with Crippen molar-refractivity contribution in [2.75, 3.05) is 0 Å².